The monoisotopic (exact) mass is 216 g/mol. The van der Waals surface area contributed by atoms with E-state index in [4.69, 9.17) is 5.73 Å². The van der Waals surface area contributed by atoms with E-state index in [2.05, 4.69) is 27.1 Å². The molecule has 1 saturated heterocycles. The van der Waals surface area contributed by atoms with Crippen molar-refractivity contribution < 1.29 is 0 Å². The highest BCUT2D eigenvalue weighted by molar-refractivity contribution is 5.88. The molecule has 3 N–H and O–H groups in total. The van der Waals surface area contributed by atoms with E-state index in [1.807, 2.05) is 6.07 Å². The molecule has 16 heavy (non-hydrogen) atoms. The Labute approximate surface area is 94.5 Å². The molecule has 0 unspecified atom stereocenters. The maximum absolute atomic E-state index is 5.93. The molecule has 0 spiro atoms. The van der Waals surface area contributed by atoms with Crippen molar-refractivity contribution >= 4 is 16.7 Å². The van der Waals surface area contributed by atoms with E-state index >= 15 is 0 Å². The first-order valence-corrected chi connectivity index (χ1v) is 5.78. The third-order valence-corrected chi connectivity index (χ3v) is 3.31. The average molecular weight is 216 g/mol. The molecule has 84 valence electrons. The van der Waals surface area contributed by atoms with Crippen LogP contribution in [0.1, 0.15) is 18.9 Å². The van der Waals surface area contributed by atoms with Crippen molar-refractivity contribution in [2.24, 2.45) is 0 Å². The zero-order valence-corrected chi connectivity index (χ0v) is 9.19. The van der Waals surface area contributed by atoms with Crippen molar-refractivity contribution in [2.75, 3.05) is 18.8 Å². The average Bonchev–Trinajstić information content (AvgIpc) is 2.75. The molecular formula is C12H16N4. The normalized spacial score (nSPS) is 21.4. The van der Waals surface area contributed by atoms with Gasteiger partial charge in [-0.25, -0.2) is 4.98 Å². The Hall–Kier alpha value is -1.55. The number of nitrogens with one attached hydrogen (secondary N) is 1. The molecule has 1 fully saturated rings. The van der Waals surface area contributed by atoms with Gasteiger partial charge in [-0.05, 0) is 31.5 Å². The molecule has 1 atom stereocenters. The summed E-state index contributed by atoms with van der Waals surface area (Å²) in [5.41, 5.74) is 7.75. The summed E-state index contributed by atoms with van der Waals surface area (Å²) in [7, 11) is 0. The van der Waals surface area contributed by atoms with Crippen molar-refractivity contribution in [2.45, 2.75) is 18.9 Å². The maximum atomic E-state index is 5.93. The topological polar surface area (TPSA) is 55.9 Å². The zero-order chi connectivity index (χ0) is 11.0. The van der Waals surface area contributed by atoms with E-state index in [9.17, 15) is 0 Å². The van der Waals surface area contributed by atoms with Gasteiger partial charge in [0, 0.05) is 36.1 Å². The molecule has 0 saturated carbocycles. The van der Waals surface area contributed by atoms with Crippen molar-refractivity contribution in [3.8, 4) is 0 Å². The van der Waals surface area contributed by atoms with Gasteiger partial charge in [0.15, 0.2) is 0 Å². The van der Waals surface area contributed by atoms with Crippen molar-refractivity contribution in [1.82, 2.24) is 14.9 Å². The minimum absolute atomic E-state index is 0.514. The van der Waals surface area contributed by atoms with Crippen LogP contribution < -0.4 is 11.1 Å². The Morgan fingerprint density at radius 3 is 3.19 bits per heavy atom. The minimum Gasteiger partial charge on any atom is -0.398 e. The summed E-state index contributed by atoms with van der Waals surface area (Å²) in [4.78, 5) is 4.43. The second-order valence-electron chi connectivity index (χ2n) is 4.36. The fourth-order valence-electron chi connectivity index (χ4n) is 2.44. The summed E-state index contributed by atoms with van der Waals surface area (Å²) in [6.45, 7) is 2.16. The summed E-state index contributed by atoms with van der Waals surface area (Å²) in [5.74, 6) is 0. The molecule has 4 heteroatoms. The van der Waals surface area contributed by atoms with Crippen LogP contribution in [0.2, 0.25) is 0 Å². The van der Waals surface area contributed by atoms with Gasteiger partial charge in [-0.15, -0.1) is 0 Å². The second-order valence-corrected chi connectivity index (χ2v) is 4.36. The molecule has 0 aromatic carbocycles. The Bertz CT molecular complexity index is 497. The molecule has 1 aliphatic rings. The molecule has 2 aromatic heterocycles. The smallest absolute Gasteiger partial charge is 0.142 e. The second kappa shape index (κ2) is 3.79. The number of pyridine rings is 1. The van der Waals surface area contributed by atoms with Crippen LogP contribution in [-0.2, 0) is 0 Å². The summed E-state index contributed by atoms with van der Waals surface area (Å²) in [6, 6.07) is 4.43. The lowest BCUT2D eigenvalue weighted by Gasteiger charge is -2.24. The Balaban J connectivity index is 2.06. The number of fused-ring (bicyclic) bond motifs is 1. The predicted octanol–water partition coefficient (Wildman–Crippen LogP) is 1.54. The van der Waals surface area contributed by atoms with Crippen molar-refractivity contribution in [3.05, 3.63) is 24.5 Å². The minimum atomic E-state index is 0.514. The Morgan fingerprint density at radius 1 is 1.44 bits per heavy atom. The summed E-state index contributed by atoms with van der Waals surface area (Å²) >= 11 is 0. The fraction of sp³-hybridized carbons (Fsp3) is 0.417. The van der Waals surface area contributed by atoms with Gasteiger partial charge >= 0.3 is 0 Å². The first kappa shape index (κ1) is 9.66. The lowest BCUT2D eigenvalue weighted by molar-refractivity contribution is 0.378. The molecule has 2 aromatic rings. The fourth-order valence-corrected chi connectivity index (χ4v) is 2.44. The maximum Gasteiger partial charge on any atom is 0.142 e. The number of nitrogen functional groups attached to an aromatic ring is 1. The van der Waals surface area contributed by atoms with Crippen LogP contribution in [0.25, 0.3) is 11.0 Å². The van der Waals surface area contributed by atoms with Gasteiger partial charge in [-0.2, -0.15) is 0 Å². The summed E-state index contributed by atoms with van der Waals surface area (Å²) in [5, 5.41) is 4.49. The highest BCUT2D eigenvalue weighted by Gasteiger charge is 2.17. The summed E-state index contributed by atoms with van der Waals surface area (Å²) < 4.78 is 2.25. The molecular weight excluding hydrogens is 200 g/mol. The van der Waals surface area contributed by atoms with Crippen molar-refractivity contribution in [1.29, 1.82) is 0 Å². The van der Waals surface area contributed by atoms with Gasteiger partial charge in [0.25, 0.3) is 0 Å². The predicted molar refractivity (Wildman–Crippen MR) is 65.3 cm³/mol. The van der Waals surface area contributed by atoms with Gasteiger partial charge in [-0.1, -0.05) is 0 Å². The molecule has 3 rings (SSSR count). The van der Waals surface area contributed by atoms with E-state index in [1.54, 1.807) is 6.20 Å². The number of anilines is 1. The quantitative estimate of drug-likeness (QED) is 0.760. The zero-order valence-electron chi connectivity index (χ0n) is 9.19. The number of hydrogen-bond acceptors (Lipinski definition) is 3. The van der Waals surface area contributed by atoms with Crippen LogP contribution in [0.15, 0.2) is 24.5 Å². The molecule has 0 bridgehead atoms. The molecule has 0 amide bonds. The van der Waals surface area contributed by atoms with E-state index in [-0.39, 0.29) is 0 Å². The van der Waals surface area contributed by atoms with Gasteiger partial charge < -0.3 is 15.6 Å². The largest absolute Gasteiger partial charge is 0.398 e. The highest BCUT2D eigenvalue weighted by atomic mass is 15.1. The standard InChI is InChI=1S/C12H16N4/c13-11-3-6-15-12-10(11)4-7-16(12)9-2-1-5-14-8-9/h3-4,6-7,9,14H,1-2,5,8H2,(H2,13,15)/t9-/m1/s1. The highest BCUT2D eigenvalue weighted by Crippen LogP contribution is 2.25. The molecule has 3 heterocycles. The van der Waals surface area contributed by atoms with Crippen LogP contribution in [0.5, 0.6) is 0 Å². The van der Waals surface area contributed by atoms with Gasteiger partial charge in [-0.3, -0.25) is 0 Å². The van der Waals surface area contributed by atoms with Crippen LogP contribution in [-0.4, -0.2) is 22.6 Å². The van der Waals surface area contributed by atoms with E-state index in [0.29, 0.717) is 6.04 Å². The Morgan fingerprint density at radius 2 is 2.38 bits per heavy atom. The molecule has 4 nitrogen and oxygen atoms in total. The molecule has 1 aliphatic heterocycles. The van der Waals surface area contributed by atoms with Crippen LogP contribution >= 0.6 is 0 Å². The van der Waals surface area contributed by atoms with E-state index < -0.39 is 0 Å². The molecule has 0 radical (unpaired) electrons. The third-order valence-electron chi connectivity index (χ3n) is 3.31. The lowest BCUT2D eigenvalue weighted by atomic mass is 10.1. The number of rotatable bonds is 1. The van der Waals surface area contributed by atoms with E-state index in [1.165, 1.54) is 12.8 Å². The van der Waals surface area contributed by atoms with Gasteiger partial charge in [0.2, 0.25) is 0 Å². The van der Waals surface area contributed by atoms with E-state index in [0.717, 1.165) is 29.8 Å². The van der Waals surface area contributed by atoms with Crippen molar-refractivity contribution in [3.63, 3.8) is 0 Å². The van der Waals surface area contributed by atoms with Crippen LogP contribution in [0.3, 0.4) is 0 Å². The first-order chi connectivity index (χ1) is 7.86. The van der Waals surface area contributed by atoms with Crippen LogP contribution in [0, 0.1) is 0 Å². The summed E-state index contributed by atoms with van der Waals surface area (Å²) in [6.07, 6.45) is 6.33. The number of nitrogens with zero attached hydrogens (tertiary/aromatic N) is 2. The van der Waals surface area contributed by atoms with Crippen LogP contribution in [0.4, 0.5) is 5.69 Å². The number of piperidine rings is 1. The number of aromatic nitrogens is 2. The molecule has 0 aliphatic carbocycles. The third kappa shape index (κ3) is 1.46. The SMILES string of the molecule is Nc1ccnc2c1ccn2[C@@H]1CCCNC1. The van der Waals surface area contributed by atoms with Gasteiger partial charge in [0.1, 0.15) is 5.65 Å². The first-order valence-electron chi connectivity index (χ1n) is 5.78. The Kier molecular flexibility index (Phi) is 2.29. The number of hydrogen-bond donors (Lipinski definition) is 2. The van der Waals surface area contributed by atoms with Gasteiger partial charge in [0.05, 0.1) is 0 Å². The lowest BCUT2D eigenvalue weighted by Crippen LogP contribution is -2.31. The number of nitrogens with two attached hydrogens (primary N) is 1.